The Morgan fingerprint density at radius 2 is 0.966 bits per heavy atom. The molecule has 1 heterocycles. The van der Waals surface area contributed by atoms with Crippen molar-refractivity contribution >= 4 is 61.1 Å². The Bertz CT molecular complexity index is 3280. The molecule has 0 bridgehead atoms. The van der Waals surface area contributed by atoms with Gasteiger partial charge in [0.25, 0.3) is 0 Å². The van der Waals surface area contributed by atoms with Crippen LogP contribution in [0.4, 0.5) is 32.8 Å². The zero-order valence-corrected chi connectivity index (χ0v) is 31.6. The maximum absolute atomic E-state index is 14.1. The molecule has 276 valence electrons. The number of nitrogens with zero attached hydrogens (tertiary/aromatic N) is 3. The fourth-order valence-electron chi connectivity index (χ4n) is 8.15. The van der Waals surface area contributed by atoms with Gasteiger partial charge >= 0.3 is 0 Å². The molecule has 0 radical (unpaired) electrons. The lowest BCUT2D eigenvalue weighted by Gasteiger charge is -2.28. The van der Waals surface area contributed by atoms with Crippen molar-refractivity contribution in [1.82, 2.24) is 0 Å². The SMILES string of the molecule is [C-]#[N+]c1cc2oc3ccc(N(c4ccc(-c5ccc(-c6ccccc6)cc5)cc4)c4ccccc4-c4cccc5cccc(-c6ccc(F)cc6)c45)cc3c2cc1[N+]#[C-]. The summed E-state index contributed by atoms with van der Waals surface area (Å²) in [7, 11) is 0. The summed E-state index contributed by atoms with van der Waals surface area (Å²) in [5, 5.41) is 3.77. The van der Waals surface area contributed by atoms with Gasteiger partial charge < -0.3 is 9.32 Å². The average Bonchev–Trinajstić information content (AvgIpc) is 3.66. The molecule has 59 heavy (non-hydrogen) atoms. The van der Waals surface area contributed by atoms with Crippen molar-refractivity contribution < 1.29 is 8.81 Å². The molecule has 10 rings (SSSR count). The number of benzene rings is 9. The monoisotopic (exact) mass is 757 g/mol. The van der Waals surface area contributed by atoms with E-state index in [1.807, 2.05) is 30.3 Å². The van der Waals surface area contributed by atoms with Gasteiger partial charge in [0.05, 0.1) is 18.8 Å². The Morgan fingerprint density at radius 3 is 1.66 bits per heavy atom. The molecule has 5 heteroatoms. The summed E-state index contributed by atoms with van der Waals surface area (Å²) in [4.78, 5) is 9.49. The predicted molar refractivity (Wildman–Crippen MR) is 240 cm³/mol. The Morgan fingerprint density at radius 1 is 0.424 bits per heavy atom. The van der Waals surface area contributed by atoms with E-state index in [9.17, 15) is 4.39 Å². The fraction of sp³-hybridized carbons (Fsp3) is 0. The second kappa shape index (κ2) is 14.7. The topological polar surface area (TPSA) is 25.1 Å². The first-order valence-electron chi connectivity index (χ1n) is 19.2. The summed E-state index contributed by atoms with van der Waals surface area (Å²) in [6, 6.07) is 64.9. The molecule has 0 aliphatic heterocycles. The lowest BCUT2D eigenvalue weighted by atomic mass is 9.90. The molecule has 1 aromatic heterocycles. The zero-order valence-electron chi connectivity index (χ0n) is 31.6. The van der Waals surface area contributed by atoms with Crippen LogP contribution in [0.5, 0.6) is 0 Å². The van der Waals surface area contributed by atoms with Crippen molar-refractivity contribution in [2.75, 3.05) is 4.90 Å². The highest BCUT2D eigenvalue weighted by molar-refractivity contribution is 6.11. The van der Waals surface area contributed by atoms with Crippen molar-refractivity contribution in [3.8, 4) is 44.5 Å². The van der Waals surface area contributed by atoms with E-state index in [4.69, 9.17) is 17.6 Å². The van der Waals surface area contributed by atoms with Crippen molar-refractivity contribution in [3.63, 3.8) is 0 Å². The first-order chi connectivity index (χ1) is 29.1. The van der Waals surface area contributed by atoms with Crippen LogP contribution in [0.25, 0.3) is 86.9 Å². The number of halogens is 1. The third kappa shape index (κ3) is 6.34. The highest BCUT2D eigenvalue weighted by Gasteiger charge is 2.21. The maximum Gasteiger partial charge on any atom is 0.198 e. The number of rotatable bonds is 7. The molecule has 0 fully saturated rings. The summed E-state index contributed by atoms with van der Waals surface area (Å²) >= 11 is 0. The molecule has 0 aliphatic carbocycles. The average molecular weight is 758 g/mol. The van der Waals surface area contributed by atoms with Gasteiger partial charge in [-0.3, -0.25) is 4.85 Å². The minimum absolute atomic E-state index is 0.271. The normalized spacial score (nSPS) is 11.1. The van der Waals surface area contributed by atoms with Gasteiger partial charge in [0.1, 0.15) is 17.0 Å². The smallest absolute Gasteiger partial charge is 0.198 e. The molecule has 0 spiro atoms. The van der Waals surface area contributed by atoms with Crippen molar-refractivity contribution in [2.24, 2.45) is 0 Å². The number of hydrogen-bond donors (Lipinski definition) is 0. The summed E-state index contributed by atoms with van der Waals surface area (Å²) in [5.41, 5.74) is 13.2. The van der Waals surface area contributed by atoms with Crippen LogP contribution in [0.1, 0.15) is 0 Å². The standard InChI is InChI=1S/C54H32FN3O/c1-56-49-33-48-47-32-43(30-31-52(47)59-53(48)34-50(49)57-2)58(42-28-24-38(25-29-42)37-20-18-36(19-21-37)35-10-4-3-5-11-35)51-17-7-6-14-45(51)46-16-9-13-40-12-8-15-44(54(40)46)39-22-26-41(55)27-23-39/h3-34H. The third-order valence-corrected chi connectivity index (χ3v) is 11.0. The van der Waals surface area contributed by atoms with Crippen molar-refractivity contribution in [1.29, 1.82) is 0 Å². The minimum atomic E-state index is -0.273. The predicted octanol–water partition coefficient (Wildman–Crippen LogP) is 16.1. The number of fused-ring (bicyclic) bond motifs is 4. The third-order valence-electron chi connectivity index (χ3n) is 11.0. The van der Waals surface area contributed by atoms with Gasteiger partial charge in [-0.15, -0.1) is 0 Å². The molecular formula is C54H32FN3O. The van der Waals surface area contributed by atoms with Gasteiger partial charge in [-0.2, -0.15) is 0 Å². The molecule has 0 atom stereocenters. The quantitative estimate of drug-likeness (QED) is 0.151. The van der Waals surface area contributed by atoms with Crippen molar-refractivity contribution in [3.05, 3.63) is 223 Å². The molecule has 0 aliphatic rings. The summed E-state index contributed by atoms with van der Waals surface area (Å²) < 4.78 is 20.4. The number of hydrogen-bond acceptors (Lipinski definition) is 2. The van der Waals surface area contributed by atoms with E-state index in [1.165, 1.54) is 23.3 Å². The number of anilines is 3. The second-order valence-electron chi connectivity index (χ2n) is 14.4. The number of para-hydroxylation sites is 1. The van der Waals surface area contributed by atoms with E-state index in [0.29, 0.717) is 16.9 Å². The lowest BCUT2D eigenvalue weighted by Crippen LogP contribution is -2.11. The van der Waals surface area contributed by atoms with Crippen LogP contribution in [-0.4, -0.2) is 0 Å². The highest BCUT2D eigenvalue weighted by Crippen LogP contribution is 2.47. The highest BCUT2D eigenvalue weighted by atomic mass is 19.1. The van der Waals surface area contributed by atoms with E-state index in [2.05, 4.69) is 154 Å². The molecule has 0 unspecified atom stereocenters. The Hall–Kier alpha value is -8.25. The Kier molecular flexibility index (Phi) is 8.75. The van der Waals surface area contributed by atoms with Crippen LogP contribution in [0.15, 0.2) is 199 Å². The van der Waals surface area contributed by atoms with Crippen molar-refractivity contribution in [2.45, 2.75) is 0 Å². The molecule has 10 aromatic rings. The summed E-state index contributed by atoms with van der Waals surface area (Å²) in [6.07, 6.45) is 0. The first-order valence-corrected chi connectivity index (χ1v) is 19.2. The van der Waals surface area contributed by atoms with Crippen LogP contribution in [0.2, 0.25) is 0 Å². The molecule has 0 N–H and O–H groups in total. The van der Waals surface area contributed by atoms with Gasteiger partial charge in [0, 0.05) is 27.7 Å². The van der Waals surface area contributed by atoms with E-state index in [1.54, 1.807) is 12.1 Å². The summed E-state index contributed by atoms with van der Waals surface area (Å²) in [6.45, 7) is 15.4. The van der Waals surface area contributed by atoms with E-state index in [-0.39, 0.29) is 11.5 Å². The van der Waals surface area contributed by atoms with E-state index >= 15 is 0 Å². The fourth-order valence-corrected chi connectivity index (χ4v) is 8.15. The van der Waals surface area contributed by atoms with Gasteiger partial charge in [-0.05, 0) is 104 Å². The van der Waals surface area contributed by atoms with Crippen LogP contribution in [0.3, 0.4) is 0 Å². The number of furan rings is 1. The van der Waals surface area contributed by atoms with Crippen LogP contribution in [0, 0.1) is 19.0 Å². The van der Waals surface area contributed by atoms with E-state index < -0.39 is 0 Å². The minimum Gasteiger partial charge on any atom is -0.458 e. The summed E-state index contributed by atoms with van der Waals surface area (Å²) in [5.74, 6) is -0.273. The van der Waals surface area contributed by atoms with E-state index in [0.717, 1.165) is 72.0 Å². The zero-order chi connectivity index (χ0) is 39.9. The Labute approximate surface area is 340 Å². The largest absolute Gasteiger partial charge is 0.458 e. The van der Waals surface area contributed by atoms with Crippen LogP contribution < -0.4 is 4.90 Å². The van der Waals surface area contributed by atoms with Gasteiger partial charge in [0.2, 0.25) is 0 Å². The van der Waals surface area contributed by atoms with Crippen LogP contribution >= 0.6 is 0 Å². The van der Waals surface area contributed by atoms with Crippen LogP contribution in [-0.2, 0) is 0 Å². The lowest BCUT2D eigenvalue weighted by molar-refractivity contribution is 0.628. The maximum atomic E-state index is 14.1. The van der Waals surface area contributed by atoms with Gasteiger partial charge in [-0.25, -0.2) is 9.24 Å². The second-order valence-corrected chi connectivity index (χ2v) is 14.4. The molecule has 4 nitrogen and oxygen atoms in total. The first kappa shape index (κ1) is 35.2. The molecule has 0 amide bonds. The van der Waals surface area contributed by atoms with Gasteiger partial charge in [-0.1, -0.05) is 140 Å². The Balaban J connectivity index is 1.16. The molecule has 0 saturated carbocycles. The molecule has 9 aromatic carbocycles. The molecule has 0 saturated heterocycles. The van der Waals surface area contributed by atoms with Gasteiger partial charge in [0.15, 0.2) is 11.4 Å². The molecular weight excluding hydrogens is 726 g/mol.